The lowest BCUT2D eigenvalue weighted by atomic mass is 9.95. The highest BCUT2D eigenvalue weighted by Crippen LogP contribution is 2.18. The van der Waals surface area contributed by atoms with Gasteiger partial charge in [-0.2, -0.15) is 11.8 Å². The first-order valence-electron chi connectivity index (χ1n) is 10.7. The highest BCUT2D eigenvalue weighted by Gasteiger charge is 2.29. The molecule has 0 aromatic rings. The van der Waals surface area contributed by atoms with Crippen LogP contribution in [0.5, 0.6) is 0 Å². The summed E-state index contributed by atoms with van der Waals surface area (Å²) >= 11 is 1.58. The smallest absolute Gasteiger partial charge is 0.317 e. The van der Waals surface area contributed by atoms with Crippen LogP contribution in [0.2, 0.25) is 0 Å². The SMILES string of the molecule is CCS(=O)(=O)NC(CCSC)C(=O)NC1CCN(C(=O)NC2CCCCC2)CC1. The Kier molecular flexibility index (Phi) is 10.0. The molecule has 168 valence electrons. The lowest BCUT2D eigenvalue weighted by Gasteiger charge is -2.34. The second kappa shape index (κ2) is 12.0. The molecule has 1 saturated heterocycles. The van der Waals surface area contributed by atoms with E-state index in [1.54, 1.807) is 18.7 Å². The molecule has 2 aliphatic rings. The van der Waals surface area contributed by atoms with E-state index in [2.05, 4.69) is 15.4 Å². The van der Waals surface area contributed by atoms with Crippen molar-refractivity contribution in [2.45, 2.75) is 76.4 Å². The van der Waals surface area contributed by atoms with Crippen LogP contribution in [-0.4, -0.2) is 74.2 Å². The van der Waals surface area contributed by atoms with E-state index in [1.165, 1.54) is 19.3 Å². The number of rotatable bonds is 9. The van der Waals surface area contributed by atoms with E-state index in [0.29, 0.717) is 38.1 Å². The summed E-state index contributed by atoms with van der Waals surface area (Å²) in [4.78, 5) is 26.9. The monoisotopic (exact) mass is 448 g/mol. The van der Waals surface area contributed by atoms with Gasteiger partial charge in [0.05, 0.1) is 5.75 Å². The summed E-state index contributed by atoms with van der Waals surface area (Å²) in [6, 6.07) is -0.503. The van der Waals surface area contributed by atoms with Crippen molar-refractivity contribution in [3.63, 3.8) is 0 Å². The third-order valence-corrected chi connectivity index (χ3v) is 7.74. The Morgan fingerprint density at radius 3 is 2.24 bits per heavy atom. The van der Waals surface area contributed by atoms with E-state index in [-0.39, 0.29) is 29.8 Å². The number of nitrogens with zero attached hydrogens (tertiary/aromatic N) is 1. The molecule has 8 nitrogen and oxygen atoms in total. The highest BCUT2D eigenvalue weighted by molar-refractivity contribution is 7.98. The molecule has 2 rings (SSSR count). The maximum atomic E-state index is 12.6. The summed E-state index contributed by atoms with van der Waals surface area (Å²) < 4.78 is 26.3. The first-order chi connectivity index (χ1) is 13.8. The summed E-state index contributed by atoms with van der Waals surface area (Å²) in [6.07, 6.45) is 9.47. The van der Waals surface area contributed by atoms with Gasteiger partial charge in [-0.15, -0.1) is 0 Å². The second-order valence-electron chi connectivity index (χ2n) is 7.91. The van der Waals surface area contributed by atoms with Crippen molar-refractivity contribution in [3.8, 4) is 0 Å². The van der Waals surface area contributed by atoms with Gasteiger partial charge in [-0.3, -0.25) is 4.79 Å². The molecule has 0 radical (unpaired) electrons. The molecule has 0 aromatic carbocycles. The summed E-state index contributed by atoms with van der Waals surface area (Å²) in [5.41, 5.74) is 0. The molecule has 1 heterocycles. The van der Waals surface area contributed by atoms with Gasteiger partial charge in [-0.05, 0) is 51.0 Å². The fourth-order valence-corrected chi connectivity index (χ4v) is 5.12. The fraction of sp³-hybridized carbons (Fsp3) is 0.895. The van der Waals surface area contributed by atoms with Crippen molar-refractivity contribution in [2.75, 3.05) is 30.9 Å². The summed E-state index contributed by atoms with van der Waals surface area (Å²) in [7, 11) is -3.45. The first kappa shape index (κ1) is 24.3. The van der Waals surface area contributed by atoms with Crippen molar-refractivity contribution < 1.29 is 18.0 Å². The molecule has 1 aliphatic heterocycles. The number of carbonyl (C=O) groups excluding carboxylic acids is 2. The third kappa shape index (κ3) is 8.33. The zero-order chi connectivity index (χ0) is 21.3. The molecule has 0 bridgehead atoms. The van der Waals surface area contributed by atoms with Crippen molar-refractivity contribution in [1.29, 1.82) is 0 Å². The molecular formula is C19H36N4O4S2. The number of sulfonamides is 1. The van der Waals surface area contributed by atoms with Crippen molar-refractivity contribution in [1.82, 2.24) is 20.3 Å². The minimum atomic E-state index is -3.45. The van der Waals surface area contributed by atoms with Gasteiger partial charge in [0.1, 0.15) is 6.04 Å². The van der Waals surface area contributed by atoms with Gasteiger partial charge in [-0.1, -0.05) is 19.3 Å². The first-order valence-corrected chi connectivity index (χ1v) is 13.7. The minimum Gasteiger partial charge on any atom is -0.352 e. The molecule has 1 unspecified atom stereocenters. The Morgan fingerprint density at radius 2 is 1.66 bits per heavy atom. The van der Waals surface area contributed by atoms with Crippen LogP contribution in [0, 0.1) is 0 Å². The quantitative estimate of drug-likeness (QED) is 0.497. The maximum absolute atomic E-state index is 12.6. The van der Waals surface area contributed by atoms with E-state index < -0.39 is 16.1 Å². The molecule has 1 aliphatic carbocycles. The van der Waals surface area contributed by atoms with Gasteiger partial charge in [0.15, 0.2) is 0 Å². The molecule has 1 saturated carbocycles. The number of nitrogens with one attached hydrogen (secondary N) is 3. The maximum Gasteiger partial charge on any atom is 0.317 e. The number of amides is 3. The predicted molar refractivity (Wildman–Crippen MR) is 118 cm³/mol. The average molecular weight is 449 g/mol. The van der Waals surface area contributed by atoms with Gasteiger partial charge in [0.25, 0.3) is 0 Å². The number of hydrogen-bond acceptors (Lipinski definition) is 5. The van der Waals surface area contributed by atoms with Gasteiger partial charge in [-0.25, -0.2) is 17.9 Å². The third-order valence-electron chi connectivity index (χ3n) is 5.69. The predicted octanol–water partition coefficient (Wildman–Crippen LogP) is 1.67. The van der Waals surface area contributed by atoms with Gasteiger partial charge < -0.3 is 15.5 Å². The fourth-order valence-electron chi connectivity index (χ4n) is 3.82. The summed E-state index contributed by atoms with van der Waals surface area (Å²) in [5.74, 6) is 0.371. The van der Waals surface area contributed by atoms with E-state index in [9.17, 15) is 18.0 Å². The van der Waals surface area contributed by atoms with Crippen LogP contribution >= 0.6 is 11.8 Å². The van der Waals surface area contributed by atoms with Gasteiger partial charge in [0.2, 0.25) is 15.9 Å². The van der Waals surface area contributed by atoms with E-state index in [0.717, 1.165) is 12.8 Å². The van der Waals surface area contributed by atoms with E-state index in [4.69, 9.17) is 0 Å². The molecule has 10 heteroatoms. The van der Waals surface area contributed by atoms with Crippen LogP contribution in [0.4, 0.5) is 4.79 Å². The van der Waals surface area contributed by atoms with Crippen molar-refractivity contribution in [2.24, 2.45) is 0 Å². The number of urea groups is 1. The topological polar surface area (TPSA) is 108 Å². The van der Waals surface area contributed by atoms with Crippen LogP contribution in [0.1, 0.15) is 58.3 Å². The van der Waals surface area contributed by atoms with Crippen molar-refractivity contribution in [3.05, 3.63) is 0 Å². The standard InChI is InChI=1S/C19H36N4O4S2/c1-3-29(26,27)22-17(11-14-28-2)18(24)20-16-9-12-23(13-10-16)19(25)21-15-7-5-4-6-8-15/h15-17,22H,3-14H2,1-2H3,(H,20,24)(H,21,25). The number of carbonyl (C=O) groups is 2. The van der Waals surface area contributed by atoms with E-state index >= 15 is 0 Å². The number of piperidine rings is 1. The lowest BCUT2D eigenvalue weighted by molar-refractivity contribution is -0.123. The summed E-state index contributed by atoms with van der Waals surface area (Å²) in [6.45, 7) is 2.75. The molecule has 3 amide bonds. The molecular weight excluding hydrogens is 412 g/mol. The highest BCUT2D eigenvalue weighted by atomic mass is 32.2. The Balaban J connectivity index is 1.79. The molecule has 0 spiro atoms. The Bertz CT molecular complexity index is 630. The van der Waals surface area contributed by atoms with Crippen molar-refractivity contribution >= 4 is 33.7 Å². The number of likely N-dealkylation sites (tertiary alicyclic amines) is 1. The lowest BCUT2D eigenvalue weighted by Crippen LogP contribution is -2.54. The minimum absolute atomic E-state index is 0.00442. The molecule has 1 atom stereocenters. The van der Waals surface area contributed by atoms with Crippen LogP contribution in [0.3, 0.4) is 0 Å². The zero-order valence-electron chi connectivity index (χ0n) is 17.6. The van der Waals surface area contributed by atoms with Gasteiger partial charge >= 0.3 is 6.03 Å². The normalized spacial score (nSPS) is 20.3. The average Bonchev–Trinajstić information content (AvgIpc) is 2.72. The number of hydrogen-bond donors (Lipinski definition) is 3. The zero-order valence-corrected chi connectivity index (χ0v) is 19.2. The van der Waals surface area contributed by atoms with Gasteiger partial charge in [0, 0.05) is 25.2 Å². The Morgan fingerprint density at radius 1 is 1.03 bits per heavy atom. The van der Waals surface area contributed by atoms with Crippen LogP contribution in [-0.2, 0) is 14.8 Å². The molecule has 0 aromatic heterocycles. The van der Waals surface area contributed by atoms with E-state index in [1.807, 2.05) is 11.2 Å². The Hall–Kier alpha value is -1.00. The van der Waals surface area contributed by atoms with Crippen LogP contribution in [0.25, 0.3) is 0 Å². The molecule has 3 N–H and O–H groups in total. The largest absolute Gasteiger partial charge is 0.352 e. The molecule has 29 heavy (non-hydrogen) atoms. The Labute approximate surface area is 179 Å². The number of thioether (sulfide) groups is 1. The molecule has 2 fully saturated rings. The van der Waals surface area contributed by atoms with Crippen LogP contribution < -0.4 is 15.4 Å². The second-order valence-corrected chi connectivity index (χ2v) is 10.9. The summed E-state index contributed by atoms with van der Waals surface area (Å²) in [5, 5.41) is 6.12. The van der Waals surface area contributed by atoms with Crippen LogP contribution in [0.15, 0.2) is 0 Å².